The molecule has 3 heteroatoms. The number of carbonyl (C=O) groups excluding carboxylic acids is 1. The van der Waals surface area contributed by atoms with E-state index in [2.05, 4.69) is 34.9 Å². The number of rotatable bonds is 4. The maximum absolute atomic E-state index is 12.2. The lowest BCUT2D eigenvalue weighted by Gasteiger charge is -2.28. The topological polar surface area (TPSA) is 41.1 Å². The zero-order valence-corrected chi connectivity index (χ0v) is 12.9. The van der Waals surface area contributed by atoms with Gasteiger partial charge in [0.1, 0.15) is 0 Å². The summed E-state index contributed by atoms with van der Waals surface area (Å²) < 4.78 is 0. The SMILES string of the molecule is CCNC(=O)c1ccccc1NC1CCCc2ccccc21. The number of fused-ring (bicyclic) bond motifs is 1. The summed E-state index contributed by atoms with van der Waals surface area (Å²) in [6.07, 6.45) is 3.42. The van der Waals surface area contributed by atoms with Crippen LogP contribution >= 0.6 is 0 Å². The molecule has 0 saturated heterocycles. The second kappa shape index (κ2) is 6.65. The fraction of sp³-hybridized carbons (Fsp3) is 0.316. The van der Waals surface area contributed by atoms with Crippen LogP contribution in [-0.2, 0) is 6.42 Å². The van der Waals surface area contributed by atoms with Gasteiger partial charge in [-0.05, 0) is 49.4 Å². The molecule has 2 N–H and O–H groups in total. The molecule has 0 heterocycles. The third-order valence-corrected chi connectivity index (χ3v) is 4.21. The first-order valence-corrected chi connectivity index (χ1v) is 8.01. The second-order valence-corrected chi connectivity index (χ2v) is 5.69. The van der Waals surface area contributed by atoms with Crippen LogP contribution < -0.4 is 10.6 Å². The van der Waals surface area contributed by atoms with Gasteiger partial charge in [0.25, 0.3) is 5.91 Å². The average molecular weight is 294 g/mol. The van der Waals surface area contributed by atoms with Crippen LogP contribution in [0, 0.1) is 0 Å². The minimum Gasteiger partial charge on any atom is -0.378 e. The van der Waals surface area contributed by atoms with Gasteiger partial charge >= 0.3 is 0 Å². The van der Waals surface area contributed by atoms with Crippen LogP contribution in [0.5, 0.6) is 0 Å². The van der Waals surface area contributed by atoms with Gasteiger partial charge in [0.15, 0.2) is 0 Å². The molecule has 0 aliphatic heterocycles. The quantitative estimate of drug-likeness (QED) is 0.897. The maximum Gasteiger partial charge on any atom is 0.253 e. The van der Waals surface area contributed by atoms with E-state index in [1.165, 1.54) is 17.5 Å². The van der Waals surface area contributed by atoms with E-state index >= 15 is 0 Å². The largest absolute Gasteiger partial charge is 0.378 e. The Morgan fingerprint density at radius 3 is 2.77 bits per heavy atom. The van der Waals surface area contributed by atoms with E-state index in [1.807, 2.05) is 31.2 Å². The highest BCUT2D eigenvalue weighted by molar-refractivity contribution is 5.99. The third-order valence-electron chi connectivity index (χ3n) is 4.21. The number of benzene rings is 2. The molecule has 3 rings (SSSR count). The number of para-hydroxylation sites is 1. The molecule has 1 unspecified atom stereocenters. The highest BCUT2D eigenvalue weighted by Crippen LogP contribution is 2.33. The lowest BCUT2D eigenvalue weighted by molar-refractivity contribution is 0.0956. The molecule has 114 valence electrons. The van der Waals surface area contributed by atoms with Crippen molar-refractivity contribution >= 4 is 11.6 Å². The average Bonchev–Trinajstić information content (AvgIpc) is 2.56. The van der Waals surface area contributed by atoms with Crippen molar-refractivity contribution in [1.82, 2.24) is 5.32 Å². The predicted octanol–water partition coefficient (Wildman–Crippen LogP) is 3.93. The molecule has 0 fully saturated rings. The summed E-state index contributed by atoms with van der Waals surface area (Å²) in [4.78, 5) is 12.2. The smallest absolute Gasteiger partial charge is 0.253 e. The van der Waals surface area contributed by atoms with E-state index in [-0.39, 0.29) is 11.9 Å². The fourth-order valence-electron chi connectivity index (χ4n) is 3.15. The molecule has 0 aromatic heterocycles. The molecule has 0 spiro atoms. The molecule has 22 heavy (non-hydrogen) atoms. The zero-order chi connectivity index (χ0) is 15.4. The van der Waals surface area contributed by atoms with Crippen molar-refractivity contribution in [2.75, 3.05) is 11.9 Å². The fourth-order valence-corrected chi connectivity index (χ4v) is 3.15. The molecule has 1 aliphatic carbocycles. The number of hydrogen-bond donors (Lipinski definition) is 2. The van der Waals surface area contributed by atoms with Gasteiger partial charge in [-0.2, -0.15) is 0 Å². The highest BCUT2D eigenvalue weighted by atomic mass is 16.1. The lowest BCUT2D eigenvalue weighted by Crippen LogP contribution is -2.25. The van der Waals surface area contributed by atoms with Crippen molar-refractivity contribution in [2.24, 2.45) is 0 Å². The van der Waals surface area contributed by atoms with E-state index in [0.717, 1.165) is 18.5 Å². The Kier molecular flexibility index (Phi) is 4.42. The number of nitrogens with one attached hydrogen (secondary N) is 2. The van der Waals surface area contributed by atoms with Crippen LogP contribution in [0.4, 0.5) is 5.69 Å². The van der Waals surface area contributed by atoms with Crippen LogP contribution in [-0.4, -0.2) is 12.5 Å². The Labute approximate surface area is 131 Å². The monoisotopic (exact) mass is 294 g/mol. The minimum atomic E-state index is -0.0188. The summed E-state index contributed by atoms with van der Waals surface area (Å²) in [5.74, 6) is -0.0188. The molecule has 0 saturated carbocycles. The zero-order valence-electron chi connectivity index (χ0n) is 12.9. The Morgan fingerprint density at radius 2 is 1.91 bits per heavy atom. The van der Waals surface area contributed by atoms with Crippen LogP contribution in [0.3, 0.4) is 0 Å². The highest BCUT2D eigenvalue weighted by Gasteiger charge is 2.21. The third kappa shape index (κ3) is 2.98. The van der Waals surface area contributed by atoms with E-state index in [0.29, 0.717) is 12.1 Å². The molecule has 1 amide bonds. The second-order valence-electron chi connectivity index (χ2n) is 5.69. The lowest BCUT2D eigenvalue weighted by atomic mass is 9.87. The molecule has 1 aliphatic rings. The Morgan fingerprint density at radius 1 is 1.14 bits per heavy atom. The van der Waals surface area contributed by atoms with Crippen LogP contribution in [0.25, 0.3) is 0 Å². The Bertz CT molecular complexity index is 666. The van der Waals surface area contributed by atoms with Gasteiger partial charge in [-0.25, -0.2) is 0 Å². The van der Waals surface area contributed by atoms with Gasteiger partial charge < -0.3 is 10.6 Å². The van der Waals surface area contributed by atoms with Crippen molar-refractivity contribution in [1.29, 1.82) is 0 Å². The molecular weight excluding hydrogens is 272 g/mol. The Balaban J connectivity index is 1.87. The number of anilines is 1. The van der Waals surface area contributed by atoms with Crippen molar-refractivity contribution in [3.05, 3.63) is 65.2 Å². The van der Waals surface area contributed by atoms with Crippen LogP contribution in [0.1, 0.15) is 47.3 Å². The molecule has 2 aromatic rings. The van der Waals surface area contributed by atoms with Crippen molar-refractivity contribution in [3.63, 3.8) is 0 Å². The standard InChI is InChI=1S/C19H22N2O/c1-2-20-19(22)16-11-5-6-12-18(16)21-17-13-7-9-14-8-3-4-10-15(14)17/h3-6,8,10-12,17,21H,2,7,9,13H2,1H3,(H,20,22). The normalized spacial score (nSPS) is 16.7. The van der Waals surface area contributed by atoms with Gasteiger partial charge in [0, 0.05) is 12.2 Å². The Hall–Kier alpha value is -2.29. The van der Waals surface area contributed by atoms with Gasteiger partial charge in [0.2, 0.25) is 0 Å². The molecular formula is C19H22N2O. The van der Waals surface area contributed by atoms with E-state index in [1.54, 1.807) is 0 Å². The summed E-state index contributed by atoms with van der Waals surface area (Å²) in [5.41, 5.74) is 4.41. The molecule has 2 aromatic carbocycles. The number of hydrogen-bond acceptors (Lipinski definition) is 2. The van der Waals surface area contributed by atoms with Crippen molar-refractivity contribution in [2.45, 2.75) is 32.2 Å². The van der Waals surface area contributed by atoms with Gasteiger partial charge in [0.05, 0.1) is 11.6 Å². The summed E-state index contributed by atoms with van der Waals surface area (Å²) in [7, 11) is 0. The summed E-state index contributed by atoms with van der Waals surface area (Å²) in [6.45, 7) is 2.57. The van der Waals surface area contributed by atoms with E-state index in [4.69, 9.17) is 0 Å². The number of amides is 1. The van der Waals surface area contributed by atoms with E-state index < -0.39 is 0 Å². The maximum atomic E-state index is 12.2. The van der Waals surface area contributed by atoms with Gasteiger partial charge in [-0.3, -0.25) is 4.79 Å². The molecule has 3 nitrogen and oxygen atoms in total. The summed E-state index contributed by atoms with van der Waals surface area (Å²) in [5, 5.41) is 6.46. The number of aryl methyl sites for hydroxylation is 1. The first kappa shape index (κ1) is 14.6. The first-order chi connectivity index (χ1) is 10.8. The number of carbonyl (C=O) groups is 1. The van der Waals surface area contributed by atoms with Crippen molar-refractivity contribution < 1.29 is 4.79 Å². The first-order valence-electron chi connectivity index (χ1n) is 8.01. The van der Waals surface area contributed by atoms with Gasteiger partial charge in [-0.15, -0.1) is 0 Å². The van der Waals surface area contributed by atoms with E-state index in [9.17, 15) is 4.79 Å². The minimum absolute atomic E-state index is 0.0188. The van der Waals surface area contributed by atoms with Crippen molar-refractivity contribution in [3.8, 4) is 0 Å². The summed E-state index contributed by atoms with van der Waals surface area (Å²) in [6, 6.07) is 16.6. The van der Waals surface area contributed by atoms with Crippen LogP contribution in [0.2, 0.25) is 0 Å². The predicted molar refractivity (Wildman–Crippen MR) is 90.2 cm³/mol. The molecule has 0 radical (unpaired) electrons. The van der Waals surface area contributed by atoms with Gasteiger partial charge in [-0.1, -0.05) is 36.4 Å². The molecule has 0 bridgehead atoms. The molecule has 1 atom stereocenters. The van der Waals surface area contributed by atoms with Crippen LogP contribution in [0.15, 0.2) is 48.5 Å². The summed E-state index contributed by atoms with van der Waals surface area (Å²) >= 11 is 0.